The van der Waals surface area contributed by atoms with E-state index in [-0.39, 0.29) is 12.1 Å². The molecule has 0 saturated heterocycles. The van der Waals surface area contributed by atoms with E-state index in [4.69, 9.17) is 9.47 Å². The number of carbonyl (C=O) groups is 1. The van der Waals surface area contributed by atoms with Crippen molar-refractivity contribution >= 4 is 5.97 Å². The van der Waals surface area contributed by atoms with Gasteiger partial charge in [-0.05, 0) is 32.1 Å². The van der Waals surface area contributed by atoms with Gasteiger partial charge in [-0.3, -0.25) is 4.79 Å². The molecule has 0 spiro atoms. The Bertz CT molecular complexity index is 205. The normalized spacial score (nSPS) is 25.4. The van der Waals surface area contributed by atoms with Crippen molar-refractivity contribution in [2.24, 2.45) is 5.92 Å². The van der Waals surface area contributed by atoms with E-state index < -0.39 is 0 Å². The van der Waals surface area contributed by atoms with Gasteiger partial charge in [0, 0.05) is 6.61 Å². The third-order valence-electron chi connectivity index (χ3n) is 2.86. The van der Waals surface area contributed by atoms with Crippen molar-refractivity contribution in [1.29, 1.82) is 0 Å². The molecule has 0 radical (unpaired) electrons. The second kappa shape index (κ2) is 7.63. The van der Waals surface area contributed by atoms with Crippen LogP contribution in [-0.4, -0.2) is 37.0 Å². The molecule has 0 amide bonds. The van der Waals surface area contributed by atoms with Crippen LogP contribution in [0.4, 0.5) is 0 Å². The number of aliphatic hydroxyl groups excluding tert-OH is 1. The maximum absolute atomic E-state index is 11.0. The highest BCUT2D eigenvalue weighted by atomic mass is 16.5. The van der Waals surface area contributed by atoms with Crippen LogP contribution < -0.4 is 0 Å². The molecule has 1 fully saturated rings. The van der Waals surface area contributed by atoms with Crippen LogP contribution in [0.1, 0.15) is 39.0 Å². The quantitative estimate of drug-likeness (QED) is 0.555. The molecular weight excluding hydrogens is 208 g/mol. The molecule has 1 aliphatic carbocycles. The smallest absolute Gasteiger partial charge is 0.308 e. The van der Waals surface area contributed by atoms with Crippen LogP contribution in [0, 0.1) is 5.92 Å². The van der Waals surface area contributed by atoms with Gasteiger partial charge in [-0.25, -0.2) is 0 Å². The number of ether oxygens (including phenoxy) is 2. The van der Waals surface area contributed by atoms with Gasteiger partial charge in [0.05, 0.1) is 25.7 Å². The summed E-state index contributed by atoms with van der Waals surface area (Å²) in [5.74, 6) is 0.247. The molecule has 2 atom stereocenters. The van der Waals surface area contributed by atoms with Gasteiger partial charge in [0.15, 0.2) is 0 Å². The van der Waals surface area contributed by atoms with Crippen molar-refractivity contribution in [2.75, 3.05) is 19.8 Å². The summed E-state index contributed by atoms with van der Waals surface area (Å²) in [4.78, 5) is 11.0. The second-order valence-electron chi connectivity index (χ2n) is 4.32. The first-order chi connectivity index (χ1) is 7.72. The Morgan fingerprint density at radius 1 is 1.44 bits per heavy atom. The maximum Gasteiger partial charge on any atom is 0.308 e. The summed E-state index contributed by atoms with van der Waals surface area (Å²) in [6, 6.07) is 0. The summed E-state index contributed by atoms with van der Waals surface area (Å²) in [6.45, 7) is 3.29. The van der Waals surface area contributed by atoms with Gasteiger partial charge in [-0.1, -0.05) is 6.42 Å². The Labute approximate surface area is 96.9 Å². The minimum atomic E-state index is -0.203. The monoisotopic (exact) mass is 230 g/mol. The molecule has 0 heterocycles. The summed E-state index contributed by atoms with van der Waals surface area (Å²) in [6.07, 6.45) is 4.11. The summed E-state index contributed by atoms with van der Waals surface area (Å²) in [5.41, 5.74) is 0. The molecule has 1 aliphatic rings. The predicted molar refractivity (Wildman–Crippen MR) is 60.0 cm³/mol. The molecule has 0 aromatic heterocycles. The zero-order valence-electron chi connectivity index (χ0n) is 9.98. The number of aliphatic hydroxyl groups is 1. The zero-order valence-corrected chi connectivity index (χ0v) is 9.98. The van der Waals surface area contributed by atoms with E-state index in [1.165, 1.54) is 0 Å². The molecule has 0 aromatic carbocycles. The molecule has 16 heavy (non-hydrogen) atoms. The minimum Gasteiger partial charge on any atom is -0.466 e. The van der Waals surface area contributed by atoms with Crippen molar-refractivity contribution in [3.8, 4) is 0 Å². The standard InChI is InChI=1S/C12H22O4/c1-2-16-12(14)6-7-15-9-10-4-3-5-11(13)8-10/h10-11,13H,2-9H2,1H3. The molecule has 0 bridgehead atoms. The Morgan fingerprint density at radius 3 is 2.94 bits per heavy atom. The lowest BCUT2D eigenvalue weighted by Gasteiger charge is -2.25. The zero-order chi connectivity index (χ0) is 11.8. The highest BCUT2D eigenvalue weighted by Crippen LogP contribution is 2.24. The van der Waals surface area contributed by atoms with E-state index in [1.54, 1.807) is 6.92 Å². The van der Waals surface area contributed by atoms with E-state index in [1.807, 2.05) is 0 Å². The fourth-order valence-corrected chi connectivity index (χ4v) is 2.05. The number of esters is 1. The molecule has 1 N–H and O–H groups in total. The van der Waals surface area contributed by atoms with Crippen LogP contribution in [0.25, 0.3) is 0 Å². The van der Waals surface area contributed by atoms with E-state index in [9.17, 15) is 9.90 Å². The van der Waals surface area contributed by atoms with Crippen LogP contribution in [0.5, 0.6) is 0 Å². The third-order valence-corrected chi connectivity index (χ3v) is 2.86. The van der Waals surface area contributed by atoms with Crippen molar-refractivity contribution in [3.63, 3.8) is 0 Å². The first kappa shape index (κ1) is 13.5. The van der Waals surface area contributed by atoms with Gasteiger partial charge in [0.2, 0.25) is 0 Å². The topological polar surface area (TPSA) is 55.8 Å². The first-order valence-corrected chi connectivity index (χ1v) is 6.13. The molecule has 94 valence electrons. The summed E-state index contributed by atoms with van der Waals surface area (Å²) in [5, 5.41) is 9.46. The largest absolute Gasteiger partial charge is 0.466 e. The van der Waals surface area contributed by atoms with Crippen molar-refractivity contribution in [1.82, 2.24) is 0 Å². The van der Waals surface area contributed by atoms with Crippen molar-refractivity contribution in [3.05, 3.63) is 0 Å². The number of hydrogen-bond acceptors (Lipinski definition) is 4. The van der Waals surface area contributed by atoms with Gasteiger partial charge < -0.3 is 14.6 Å². The van der Waals surface area contributed by atoms with Gasteiger partial charge >= 0.3 is 5.97 Å². The fraction of sp³-hybridized carbons (Fsp3) is 0.917. The minimum absolute atomic E-state index is 0.160. The van der Waals surface area contributed by atoms with Crippen LogP contribution in [0.2, 0.25) is 0 Å². The third kappa shape index (κ3) is 5.47. The summed E-state index contributed by atoms with van der Waals surface area (Å²) >= 11 is 0. The van der Waals surface area contributed by atoms with Crippen LogP contribution in [-0.2, 0) is 14.3 Å². The number of carbonyl (C=O) groups excluding carboxylic acids is 1. The molecule has 0 aliphatic heterocycles. The summed E-state index contributed by atoms with van der Waals surface area (Å²) in [7, 11) is 0. The predicted octanol–water partition coefficient (Wildman–Crippen LogP) is 1.51. The van der Waals surface area contributed by atoms with Crippen LogP contribution in [0.15, 0.2) is 0 Å². The van der Waals surface area contributed by atoms with Crippen molar-refractivity contribution in [2.45, 2.75) is 45.1 Å². The Hall–Kier alpha value is -0.610. The summed E-state index contributed by atoms with van der Waals surface area (Å²) < 4.78 is 10.2. The Kier molecular flexibility index (Phi) is 6.42. The SMILES string of the molecule is CCOC(=O)CCOCC1CCCC(O)C1. The van der Waals surface area contributed by atoms with Gasteiger partial charge in [-0.2, -0.15) is 0 Å². The van der Waals surface area contributed by atoms with E-state index >= 15 is 0 Å². The molecule has 2 unspecified atom stereocenters. The van der Waals surface area contributed by atoms with Crippen LogP contribution in [0.3, 0.4) is 0 Å². The lowest BCUT2D eigenvalue weighted by atomic mass is 9.88. The van der Waals surface area contributed by atoms with E-state index in [0.717, 1.165) is 25.7 Å². The highest BCUT2D eigenvalue weighted by molar-refractivity contribution is 5.69. The average Bonchev–Trinajstić information content (AvgIpc) is 2.25. The Balaban J connectivity index is 2.00. The van der Waals surface area contributed by atoms with Gasteiger partial charge in [0.25, 0.3) is 0 Å². The highest BCUT2D eigenvalue weighted by Gasteiger charge is 2.20. The van der Waals surface area contributed by atoms with Gasteiger partial charge in [0.1, 0.15) is 0 Å². The molecule has 4 nitrogen and oxygen atoms in total. The van der Waals surface area contributed by atoms with Gasteiger partial charge in [-0.15, -0.1) is 0 Å². The Morgan fingerprint density at radius 2 is 2.25 bits per heavy atom. The van der Waals surface area contributed by atoms with E-state index in [2.05, 4.69) is 0 Å². The molecule has 0 aromatic rings. The van der Waals surface area contributed by atoms with Crippen molar-refractivity contribution < 1.29 is 19.4 Å². The lowest BCUT2D eigenvalue weighted by molar-refractivity contribution is -0.144. The average molecular weight is 230 g/mol. The lowest BCUT2D eigenvalue weighted by Crippen LogP contribution is -2.23. The molecule has 4 heteroatoms. The molecular formula is C12H22O4. The number of rotatable bonds is 6. The van der Waals surface area contributed by atoms with E-state index in [0.29, 0.717) is 32.2 Å². The molecule has 1 rings (SSSR count). The molecule has 1 saturated carbocycles. The number of hydrogen-bond donors (Lipinski definition) is 1. The van der Waals surface area contributed by atoms with Crippen LogP contribution >= 0.6 is 0 Å². The maximum atomic E-state index is 11.0. The second-order valence-corrected chi connectivity index (χ2v) is 4.32. The first-order valence-electron chi connectivity index (χ1n) is 6.13. The fourth-order valence-electron chi connectivity index (χ4n) is 2.05.